The predicted molar refractivity (Wildman–Crippen MR) is 43.2 cm³/mol. The molecule has 0 rings (SSSR count). The van der Waals surface area contributed by atoms with Crippen LogP contribution in [0.1, 0.15) is 33.1 Å². The molecule has 0 bridgehead atoms. The van der Waals surface area contributed by atoms with Gasteiger partial charge in [0.05, 0.1) is 0 Å². The van der Waals surface area contributed by atoms with Gasteiger partial charge in [0, 0.05) is 0 Å². The zero-order valence-electron chi connectivity index (χ0n) is 6.56. The molecule has 0 amide bonds. The van der Waals surface area contributed by atoms with Crippen LogP contribution in [-0.2, 0) is 0 Å². The maximum atomic E-state index is 3.88. The Morgan fingerprint density at radius 2 is 2.11 bits per heavy atom. The van der Waals surface area contributed by atoms with Crippen molar-refractivity contribution >= 4 is 0 Å². The Hall–Kier alpha value is -0.260. The van der Waals surface area contributed by atoms with E-state index in [4.69, 9.17) is 0 Å². The van der Waals surface area contributed by atoms with Gasteiger partial charge in [0.15, 0.2) is 0 Å². The van der Waals surface area contributed by atoms with Crippen LogP contribution in [0.3, 0.4) is 0 Å². The maximum absolute atomic E-state index is 3.88. The van der Waals surface area contributed by atoms with Crippen molar-refractivity contribution in [3.8, 4) is 0 Å². The second-order valence-corrected chi connectivity index (χ2v) is 2.60. The fourth-order valence-corrected chi connectivity index (χ4v) is 0.613. The molecule has 0 nitrogen and oxygen atoms in total. The Balaban J connectivity index is 3.04. The minimum atomic E-state index is 0.568. The highest BCUT2D eigenvalue weighted by molar-refractivity contribution is 4.82. The highest BCUT2D eigenvalue weighted by atomic mass is 13.9. The third-order valence-corrected chi connectivity index (χ3v) is 1.16. The molecule has 0 saturated heterocycles. The summed E-state index contributed by atoms with van der Waals surface area (Å²) in [6, 6.07) is 0. The Labute approximate surface area is 59.0 Å². The largest absolute Gasteiger partial charge is 0.0885 e. The summed E-state index contributed by atoms with van der Waals surface area (Å²) in [4.78, 5) is 0. The summed E-state index contributed by atoms with van der Waals surface area (Å²) < 4.78 is 0. The number of hydrogen-bond donors (Lipinski definition) is 0. The van der Waals surface area contributed by atoms with E-state index in [9.17, 15) is 0 Å². The summed E-state index contributed by atoms with van der Waals surface area (Å²) >= 11 is 0. The van der Waals surface area contributed by atoms with E-state index in [2.05, 4.69) is 32.9 Å². The SMILES string of the molecule is [CH2]C(C)C/C=C/CCC. The molecule has 0 aliphatic rings. The summed E-state index contributed by atoms with van der Waals surface area (Å²) in [6.07, 6.45) is 8.05. The quantitative estimate of drug-likeness (QED) is 0.506. The van der Waals surface area contributed by atoms with E-state index in [0.717, 1.165) is 6.42 Å². The first-order valence-electron chi connectivity index (χ1n) is 3.75. The third kappa shape index (κ3) is 7.74. The first-order chi connectivity index (χ1) is 4.27. The Bertz CT molecular complexity index is 70.1. The highest BCUT2D eigenvalue weighted by Crippen LogP contribution is 2.00. The van der Waals surface area contributed by atoms with E-state index in [0.29, 0.717) is 5.92 Å². The molecular weight excluding hydrogens is 108 g/mol. The van der Waals surface area contributed by atoms with E-state index in [1.807, 2.05) is 0 Å². The van der Waals surface area contributed by atoms with Crippen LogP contribution in [0.4, 0.5) is 0 Å². The van der Waals surface area contributed by atoms with Crippen molar-refractivity contribution in [3.63, 3.8) is 0 Å². The summed E-state index contributed by atoms with van der Waals surface area (Å²) in [6.45, 7) is 8.21. The van der Waals surface area contributed by atoms with E-state index in [-0.39, 0.29) is 0 Å². The fourth-order valence-electron chi connectivity index (χ4n) is 0.613. The van der Waals surface area contributed by atoms with Crippen LogP contribution in [0, 0.1) is 12.8 Å². The molecule has 1 radical (unpaired) electrons. The van der Waals surface area contributed by atoms with E-state index >= 15 is 0 Å². The van der Waals surface area contributed by atoms with E-state index in [1.54, 1.807) is 0 Å². The van der Waals surface area contributed by atoms with Crippen molar-refractivity contribution in [1.82, 2.24) is 0 Å². The van der Waals surface area contributed by atoms with Gasteiger partial charge in [0.1, 0.15) is 0 Å². The van der Waals surface area contributed by atoms with Gasteiger partial charge in [-0.05, 0) is 18.8 Å². The molecule has 0 aromatic heterocycles. The Morgan fingerprint density at radius 1 is 1.44 bits per heavy atom. The van der Waals surface area contributed by atoms with E-state index in [1.165, 1.54) is 12.8 Å². The molecule has 0 N–H and O–H groups in total. The molecule has 0 aliphatic heterocycles. The first-order valence-corrected chi connectivity index (χ1v) is 3.75. The highest BCUT2D eigenvalue weighted by Gasteiger charge is 1.85. The van der Waals surface area contributed by atoms with Crippen LogP contribution in [0.5, 0.6) is 0 Å². The molecule has 0 fully saturated rings. The van der Waals surface area contributed by atoms with Gasteiger partial charge in [-0.25, -0.2) is 0 Å². The lowest BCUT2D eigenvalue weighted by Gasteiger charge is -1.95. The molecule has 1 unspecified atom stereocenters. The second-order valence-electron chi connectivity index (χ2n) is 2.60. The van der Waals surface area contributed by atoms with Gasteiger partial charge in [-0.15, -0.1) is 0 Å². The van der Waals surface area contributed by atoms with Crippen LogP contribution in [0.25, 0.3) is 0 Å². The summed E-state index contributed by atoms with van der Waals surface area (Å²) in [5.74, 6) is 0.568. The Kier molecular flexibility index (Phi) is 5.70. The van der Waals surface area contributed by atoms with Crippen molar-refractivity contribution < 1.29 is 0 Å². The van der Waals surface area contributed by atoms with Crippen LogP contribution >= 0.6 is 0 Å². The molecule has 0 aromatic carbocycles. The average molecular weight is 125 g/mol. The van der Waals surface area contributed by atoms with Crippen molar-refractivity contribution in [2.75, 3.05) is 0 Å². The molecule has 9 heavy (non-hydrogen) atoms. The Morgan fingerprint density at radius 3 is 2.56 bits per heavy atom. The standard InChI is InChI=1S/C9H17/c1-4-5-6-7-8-9(2)3/h6-7,9H,2,4-5,8H2,1,3H3/b7-6+. The number of unbranched alkanes of at least 4 members (excludes halogenated alkanes) is 1. The van der Waals surface area contributed by atoms with Gasteiger partial charge in [-0.1, -0.05) is 39.3 Å². The molecule has 0 heterocycles. The molecule has 0 aromatic rings. The number of allylic oxidation sites excluding steroid dienone is 2. The molecule has 1 atom stereocenters. The van der Waals surface area contributed by atoms with Gasteiger partial charge in [0.25, 0.3) is 0 Å². The normalized spacial score (nSPS) is 11.6. The molecule has 0 spiro atoms. The van der Waals surface area contributed by atoms with Crippen LogP contribution < -0.4 is 0 Å². The second kappa shape index (κ2) is 5.87. The lowest BCUT2D eigenvalue weighted by Crippen LogP contribution is -1.81. The van der Waals surface area contributed by atoms with Crippen LogP contribution in [-0.4, -0.2) is 0 Å². The smallest absolute Gasteiger partial charge is 0.0325 e. The van der Waals surface area contributed by atoms with Crippen molar-refractivity contribution in [2.24, 2.45) is 5.92 Å². The van der Waals surface area contributed by atoms with Crippen molar-refractivity contribution in [1.29, 1.82) is 0 Å². The first kappa shape index (κ1) is 8.74. The molecule has 0 saturated carbocycles. The minimum Gasteiger partial charge on any atom is -0.0885 e. The number of hydrogen-bond acceptors (Lipinski definition) is 0. The fraction of sp³-hybridized carbons (Fsp3) is 0.667. The monoisotopic (exact) mass is 125 g/mol. The maximum Gasteiger partial charge on any atom is -0.0325 e. The van der Waals surface area contributed by atoms with Crippen LogP contribution in [0.15, 0.2) is 12.2 Å². The van der Waals surface area contributed by atoms with Gasteiger partial charge in [0.2, 0.25) is 0 Å². The lowest BCUT2D eigenvalue weighted by molar-refractivity contribution is 0.737. The summed E-state index contributed by atoms with van der Waals surface area (Å²) in [7, 11) is 0. The lowest BCUT2D eigenvalue weighted by atomic mass is 10.1. The summed E-state index contributed by atoms with van der Waals surface area (Å²) in [5, 5.41) is 0. The van der Waals surface area contributed by atoms with Crippen molar-refractivity contribution in [2.45, 2.75) is 33.1 Å². The van der Waals surface area contributed by atoms with Gasteiger partial charge < -0.3 is 0 Å². The predicted octanol–water partition coefficient (Wildman–Crippen LogP) is 3.20. The average Bonchev–Trinajstić information content (AvgIpc) is 1.80. The van der Waals surface area contributed by atoms with Crippen LogP contribution in [0.2, 0.25) is 0 Å². The van der Waals surface area contributed by atoms with Gasteiger partial charge in [-0.2, -0.15) is 0 Å². The topological polar surface area (TPSA) is 0 Å². The molecule has 53 valence electrons. The minimum absolute atomic E-state index is 0.568. The molecule has 0 aliphatic carbocycles. The third-order valence-electron chi connectivity index (χ3n) is 1.16. The van der Waals surface area contributed by atoms with Crippen molar-refractivity contribution in [3.05, 3.63) is 19.1 Å². The zero-order valence-corrected chi connectivity index (χ0v) is 6.56. The zero-order chi connectivity index (χ0) is 7.11. The molecular formula is C9H17. The van der Waals surface area contributed by atoms with Gasteiger partial charge in [-0.3, -0.25) is 0 Å². The number of rotatable bonds is 4. The van der Waals surface area contributed by atoms with Gasteiger partial charge >= 0.3 is 0 Å². The summed E-state index contributed by atoms with van der Waals surface area (Å²) in [5.41, 5.74) is 0. The van der Waals surface area contributed by atoms with E-state index < -0.39 is 0 Å². The molecule has 0 heteroatoms.